The second-order valence-electron chi connectivity index (χ2n) is 9.00. The van der Waals surface area contributed by atoms with Crippen molar-refractivity contribution in [2.24, 2.45) is 0 Å². The van der Waals surface area contributed by atoms with Crippen LogP contribution in [0.25, 0.3) is 11.0 Å². The molecule has 1 aliphatic rings. The molecule has 1 saturated heterocycles. The van der Waals surface area contributed by atoms with Gasteiger partial charge in [0.2, 0.25) is 10.0 Å². The van der Waals surface area contributed by atoms with E-state index >= 15 is 0 Å². The maximum Gasteiger partial charge on any atom is 0.253 e. The minimum absolute atomic E-state index is 0.0976. The van der Waals surface area contributed by atoms with E-state index in [1.54, 1.807) is 12.1 Å². The monoisotopic (exact) mass is 483 g/mol. The number of imidazole rings is 1. The lowest BCUT2D eigenvalue weighted by molar-refractivity contribution is 0.0792. The minimum Gasteiger partial charge on any atom is -0.378 e. The molecule has 182 valence electrons. The van der Waals surface area contributed by atoms with Gasteiger partial charge in [0.15, 0.2) is 0 Å². The van der Waals surface area contributed by atoms with Crippen molar-refractivity contribution in [3.63, 3.8) is 0 Å². The van der Waals surface area contributed by atoms with Gasteiger partial charge in [-0.3, -0.25) is 4.79 Å². The van der Waals surface area contributed by atoms with E-state index in [-0.39, 0.29) is 10.8 Å². The molecule has 0 unspecified atom stereocenters. The predicted molar refractivity (Wildman–Crippen MR) is 135 cm³/mol. The molecule has 34 heavy (non-hydrogen) atoms. The highest BCUT2D eigenvalue weighted by molar-refractivity contribution is 7.89. The first-order valence-electron chi connectivity index (χ1n) is 11.8. The number of anilines is 1. The Balaban J connectivity index is 1.57. The number of sulfonamides is 1. The van der Waals surface area contributed by atoms with E-state index in [4.69, 9.17) is 4.98 Å². The number of nitrogens with zero attached hydrogens (tertiary/aromatic N) is 4. The molecule has 0 spiro atoms. The standard InChI is InChI=1S/C25H33N5O3S/c1-5-12-30-23-11-9-20(34(32,33)28(3)4)16-22(23)27-24(30)17-26-21-10-8-19(15-18(21)2)25(31)29-13-6-7-14-29/h8-11,15-16,26H,5-7,12-14,17H2,1-4H3. The van der Waals surface area contributed by atoms with Gasteiger partial charge in [-0.25, -0.2) is 17.7 Å². The molecule has 0 saturated carbocycles. The summed E-state index contributed by atoms with van der Waals surface area (Å²) in [5.74, 6) is 0.938. The number of aryl methyl sites for hydroxylation is 2. The van der Waals surface area contributed by atoms with Crippen molar-refractivity contribution >= 4 is 32.7 Å². The van der Waals surface area contributed by atoms with Gasteiger partial charge >= 0.3 is 0 Å². The number of benzene rings is 2. The summed E-state index contributed by atoms with van der Waals surface area (Å²) in [5.41, 5.74) is 4.25. The lowest BCUT2D eigenvalue weighted by atomic mass is 10.1. The van der Waals surface area contributed by atoms with Crippen LogP contribution in [0.2, 0.25) is 0 Å². The number of fused-ring (bicyclic) bond motifs is 1. The zero-order valence-corrected chi connectivity index (χ0v) is 21.2. The number of nitrogens with one attached hydrogen (secondary N) is 1. The number of amides is 1. The molecule has 9 heteroatoms. The average Bonchev–Trinajstić information content (AvgIpc) is 3.46. The Morgan fingerprint density at radius 1 is 1.12 bits per heavy atom. The first-order chi connectivity index (χ1) is 16.2. The number of rotatable bonds is 8. The quantitative estimate of drug-likeness (QED) is 0.526. The first-order valence-corrected chi connectivity index (χ1v) is 13.2. The molecular weight excluding hydrogens is 450 g/mol. The number of hydrogen-bond donors (Lipinski definition) is 1. The summed E-state index contributed by atoms with van der Waals surface area (Å²) in [4.78, 5) is 19.6. The summed E-state index contributed by atoms with van der Waals surface area (Å²) in [7, 11) is -0.476. The van der Waals surface area contributed by atoms with E-state index in [9.17, 15) is 13.2 Å². The maximum atomic E-state index is 12.7. The Morgan fingerprint density at radius 3 is 2.50 bits per heavy atom. The molecule has 0 atom stereocenters. The Kier molecular flexibility index (Phi) is 6.95. The zero-order valence-electron chi connectivity index (χ0n) is 20.3. The van der Waals surface area contributed by atoms with Crippen molar-refractivity contribution in [1.82, 2.24) is 18.8 Å². The van der Waals surface area contributed by atoms with Crippen LogP contribution in [0.5, 0.6) is 0 Å². The Morgan fingerprint density at radius 2 is 1.85 bits per heavy atom. The molecule has 1 aromatic heterocycles. The van der Waals surface area contributed by atoms with Gasteiger partial charge in [-0.15, -0.1) is 0 Å². The van der Waals surface area contributed by atoms with Crippen molar-refractivity contribution in [3.05, 3.63) is 53.3 Å². The highest BCUT2D eigenvalue weighted by Gasteiger charge is 2.21. The largest absolute Gasteiger partial charge is 0.378 e. The third kappa shape index (κ3) is 4.67. The zero-order chi connectivity index (χ0) is 24.5. The number of hydrogen-bond acceptors (Lipinski definition) is 5. The van der Waals surface area contributed by atoms with E-state index in [1.807, 2.05) is 36.1 Å². The van der Waals surface area contributed by atoms with Crippen LogP contribution in [-0.4, -0.2) is 60.3 Å². The Hall–Kier alpha value is -2.91. The van der Waals surface area contributed by atoms with E-state index in [2.05, 4.69) is 16.8 Å². The Bertz CT molecular complexity index is 1310. The summed E-state index contributed by atoms with van der Waals surface area (Å²) >= 11 is 0. The molecule has 8 nitrogen and oxygen atoms in total. The van der Waals surface area contributed by atoms with Crippen LogP contribution >= 0.6 is 0 Å². The fraction of sp³-hybridized carbons (Fsp3) is 0.440. The summed E-state index contributed by atoms with van der Waals surface area (Å²) in [6.07, 6.45) is 3.08. The Labute approximate surface area is 201 Å². The molecule has 2 heterocycles. The summed E-state index contributed by atoms with van der Waals surface area (Å²) < 4.78 is 28.4. The molecule has 1 N–H and O–H groups in total. The van der Waals surface area contributed by atoms with Crippen LogP contribution in [0, 0.1) is 6.92 Å². The second-order valence-corrected chi connectivity index (χ2v) is 11.2. The van der Waals surface area contributed by atoms with Gasteiger partial charge < -0.3 is 14.8 Å². The average molecular weight is 484 g/mol. The van der Waals surface area contributed by atoms with Gasteiger partial charge in [-0.2, -0.15) is 0 Å². The topological polar surface area (TPSA) is 87.5 Å². The van der Waals surface area contributed by atoms with E-state index in [0.717, 1.165) is 67.1 Å². The molecule has 1 aliphatic heterocycles. The summed E-state index contributed by atoms with van der Waals surface area (Å²) in [6.45, 7) is 7.05. The molecule has 1 amide bonds. The van der Waals surface area contributed by atoms with Crippen molar-refractivity contribution in [1.29, 1.82) is 0 Å². The van der Waals surface area contributed by atoms with Crippen LogP contribution in [0.15, 0.2) is 41.3 Å². The van der Waals surface area contributed by atoms with Crippen LogP contribution in [0.4, 0.5) is 5.69 Å². The van der Waals surface area contributed by atoms with Crippen molar-refractivity contribution in [3.8, 4) is 0 Å². The van der Waals surface area contributed by atoms with Gasteiger partial charge in [0.1, 0.15) is 5.82 Å². The highest BCUT2D eigenvalue weighted by Crippen LogP contribution is 2.24. The van der Waals surface area contributed by atoms with Gasteiger partial charge in [0.25, 0.3) is 5.91 Å². The normalized spacial score (nSPS) is 14.3. The third-order valence-corrected chi connectivity index (χ3v) is 8.14. The molecule has 2 aromatic carbocycles. The van der Waals surface area contributed by atoms with Gasteiger partial charge in [0.05, 0.1) is 22.5 Å². The number of carbonyl (C=O) groups is 1. The molecule has 0 bridgehead atoms. The number of aromatic nitrogens is 2. The van der Waals surface area contributed by atoms with Crippen molar-refractivity contribution in [2.45, 2.75) is 51.1 Å². The smallest absolute Gasteiger partial charge is 0.253 e. The first kappa shape index (κ1) is 24.2. The van der Waals surface area contributed by atoms with Gasteiger partial charge in [-0.1, -0.05) is 6.92 Å². The van der Waals surface area contributed by atoms with Crippen LogP contribution in [0.3, 0.4) is 0 Å². The van der Waals surface area contributed by atoms with Crippen molar-refractivity contribution in [2.75, 3.05) is 32.5 Å². The summed E-state index contributed by atoms with van der Waals surface area (Å²) in [6, 6.07) is 10.9. The maximum absolute atomic E-state index is 12.7. The van der Waals surface area contributed by atoms with Crippen LogP contribution in [-0.2, 0) is 23.1 Å². The lowest BCUT2D eigenvalue weighted by Crippen LogP contribution is -2.27. The van der Waals surface area contributed by atoms with Gasteiger partial charge in [-0.05, 0) is 68.1 Å². The molecule has 0 radical (unpaired) electrons. The molecule has 1 fully saturated rings. The highest BCUT2D eigenvalue weighted by atomic mass is 32.2. The molecule has 4 rings (SSSR count). The number of carbonyl (C=O) groups excluding carboxylic acids is 1. The fourth-order valence-corrected chi connectivity index (χ4v) is 5.33. The molecule has 3 aromatic rings. The number of likely N-dealkylation sites (tertiary alicyclic amines) is 1. The summed E-state index contributed by atoms with van der Waals surface area (Å²) in [5, 5.41) is 3.45. The van der Waals surface area contributed by atoms with Crippen molar-refractivity contribution < 1.29 is 13.2 Å². The predicted octanol–water partition coefficient (Wildman–Crippen LogP) is 3.85. The van der Waals surface area contributed by atoms with Gasteiger partial charge in [0, 0.05) is 45.0 Å². The lowest BCUT2D eigenvalue weighted by Gasteiger charge is -2.17. The molecule has 0 aliphatic carbocycles. The van der Waals surface area contributed by atoms with E-state index in [0.29, 0.717) is 12.1 Å². The van der Waals surface area contributed by atoms with E-state index in [1.165, 1.54) is 18.4 Å². The van der Waals surface area contributed by atoms with E-state index < -0.39 is 10.0 Å². The minimum atomic E-state index is -3.53. The SMILES string of the molecule is CCCn1c(CNc2ccc(C(=O)N3CCCC3)cc2C)nc2cc(S(=O)(=O)N(C)C)ccc21. The molecular formula is C25H33N5O3S. The fourth-order valence-electron chi connectivity index (χ4n) is 4.41. The second kappa shape index (κ2) is 9.76. The van der Waals surface area contributed by atoms with Crippen LogP contribution < -0.4 is 5.32 Å². The third-order valence-electron chi connectivity index (χ3n) is 6.33. The van der Waals surface area contributed by atoms with Crippen LogP contribution in [0.1, 0.15) is 47.9 Å².